The van der Waals surface area contributed by atoms with Crippen molar-refractivity contribution in [1.29, 1.82) is 0 Å². The number of benzene rings is 1. The summed E-state index contributed by atoms with van der Waals surface area (Å²) >= 11 is 0. The zero-order chi connectivity index (χ0) is 19.4. The highest BCUT2D eigenvalue weighted by atomic mass is 16.5. The van der Waals surface area contributed by atoms with Gasteiger partial charge in [-0.25, -0.2) is 4.79 Å². The van der Waals surface area contributed by atoms with Gasteiger partial charge in [-0.3, -0.25) is 9.59 Å². The van der Waals surface area contributed by atoms with Crippen molar-refractivity contribution in [2.75, 3.05) is 13.1 Å². The summed E-state index contributed by atoms with van der Waals surface area (Å²) in [5.41, 5.74) is 1.32. The number of likely N-dealkylation sites (tertiary alicyclic amines) is 1. The summed E-state index contributed by atoms with van der Waals surface area (Å²) < 4.78 is 7.20. The Kier molecular flexibility index (Phi) is 5.74. The van der Waals surface area contributed by atoms with Crippen LogP contribution in [-0.2, 0) is 16.6 Å². The van der Waals surface area contributed by atoms with Crippen LogP contribution >= 0.6 is 0 Å². The van der Waals surface area contributed by atoms with Crippen LogP contribution < -0.4 is 0 Å². The number of aryl methyl sites for hydroxylation is 1. The standard InChI is InChI=1S/C21H24N2O4/c1-15(24)17-13-18(22(2)14-17)21(26)27-19(16-9-5-3-6-10-16)20(25)23-11-7-4-8-12-23/h3,5-6,9-10,13-14,19H,4,7-8,11-12H2,1-2H3/t19-/m0/s1. The fourth-order valence-electron chi connectivity index (χ4n) is 3.30. The van der Waals surface area contributed by atoms with Crippen LogP contribution in [0.3, 0.4) is 0 Å². The van der Waals surface area contributed by atoms with Crippen molar-refractivity contribution in [3.8, 4) is 0 Å². The molecule has 1 aromatic heterocycles. The lowest BCUT2D eigenvalue weighted by Crippen LogP contribution is -2.40. The van der Waals surface area contributed by atoms with Gasteiger partial charge in [0.05, 0.1) is 0 Å². The van der Waals surface area contributed by atoms with Crippen molar-refractivity contribution in [2.45, 2.75) is 32.3 Å². The number of aromatic nitrogens is 1. The number of hydrogen-bond acceptors (Lipinski definition) is 4. The van der Waals surface area contributed by atoms with Gasteiger partial charge in [-0.2, -0.15) is 0 Å². The lowest BCUT2D eigenvalue weighted by atomic mass is 10.1. The number of hydrogen-bond donors (Lipinski definition) is 0. The van der Waals surface area contributed by atoms with E-state index in [1.807, 2.05) is 18.2 Å². The van der Waals surface area contributed by atoms with Crippen LogP contribution in [-0.4, -0.2) is 40.2 Å². The van der Waals surface area contributed by atoms with Crippen LogP contribution in [0.25, 0.3) is 0 Å². The maximum atomic E-state index is 13.1. The van der Waals surface area contributed by atoms with E-state index in [0.717, 1.165) is 19.3 Å². The van der Waals surface area contributed by atoms with Gasteiger partial charge in [0.2, 0.25) is 6.10 Å². The summed E-state index contributed by atoms with van der Waals surface area (Å²) in [5.74, 6) is -0.951. The molecule has 1 fully saturated rings. The molecule has 3 rings (SSSR count). The molecular formula is C21H24N2O4. The lowest BCUT2D eigenvalue weighted by molar-refractivity contribution is -0.142. The minimum atomic E-state index is -0.993. The zero-order valence-electron chi connectivity index (χ0n) is 15.7. The Labute approximate surface area is 158 Å². The predicted octanol–water partition coefficient (Wildman–Crippen LogP) is 3.14. The molecule has 0 saturated carbocycles. The van der Waals surface area contributed by atoms with E-state index in [-0.39, 0.29) is 17.4 Å². The van der Waals surface area contributed by atoms with E-state index in [1.165, 1.54) is 13.0 Å². The normalized spacial score (nSPS) is 15.3. The molecule has 0 aliphatic carbocycles. The minimum Gasteiger partial charge on any atom is -0.443 e. The van der Waals surface area contributed by atoms with Crippen LogP contribution in [0.1, 0.15) is 58.7 Å². The quantitative estimate of drug-likeness (QED) is 0.601. The molecule has 0 N–H and O–H groups in total. The molecule has 6 heteroatoms. The number of nitrogens with zero attached hydrogens (tertiary/aromatic N) is 2. The minimum absolute atomic E-state index is 0.131. The molecule has 1 aliphatic heterocycles. The number of ether oxygens (including phenoxy) is 1. The molecule has 1 aromatic carbocycles. The first kappa shape index (κ1) is 18.9. The van der Waals surface area contributed by atoms with E-state index >= 15 is 0 Å². The van der Waals surface area contributed by atoms with Crippen LogP contribution in [0.5, 0.6) is 0 Å². The largest absolute Gasteiger partial charge is 0.443 e. The average molecular weight is 368 g/mol. The smallest absolute Gasteiger partial charge is 0.356 e. The summed E-state index contributed by atoms with van der Waals surface area (Å²) in [6, 6.07) is 10.5. The number of carbonyl (C=O) groups is 3. The molecule has 0 spiro atoms. The summed E-state index contributed by atoms with van der Waals surface area (Å²) in [6.45, 7) is 2.80. The summed E-state index contributed by atoms with van der Waals surface area (Å²) in [5, 5.41) is 0. The van der Waals surface area contributed by atoms with E-state index in [1.54, 1.807) is 34.8 Å². The zero-order valence-corrected chi connectivity index (χ0v) is 15.7. The van der Waals surface area contributed by atoms with E-state index < -0.39 is 12.1 Å². The van der Waals surface area contributed by atoms with Crippen LogP contribution in [0.4, 0.5) is 0 Å². The van der Waals surface area contributed by atoms with E-state index in [0.29, 0.717) is 24.2 Å². The Morgan fingerprint density at radius 1 is 1.04 bits per heavy atom. The molecular weight excluding hydrogens is 344 g/mol. The predicted molar refractivity (Wildman–Crippen MR) is 100 cm³/mol. The molecule has 1 atom stereocenters. The number of rotatable bonds is 5. The molecule has 27 heavy (non-hydrogen) atoms. The number of carbonyl (C=O) groups excluding carboxylic acids is 3. The summed E-state index contributed by atoms with van der Waals surface area (Å²) in [6.07, 6.45) is 3.62. The van der Waals surface area contributed by atoms with E-state index in [9.17, 15) is 14.4 Å². The Balaban J connectivity index is 1.86. The van der Waals surface area contributed by atoms with Gasteiger partial charge in [-0.1, -0.05) is 30.3 Å². The van der Waals surface area contributed by atoms with Gasteiger partial charge in [0, 0.05) is 37.5 Å². The van der Waals surface area contributed by atoms with Gasteiger partial charge in [-0.15, -0.1) is 0 Å². The fraction of sp³-hybridized carbons (Fsp3) is 0.381. The van der Waals surface area contributed by atoms with Crippen molar-refractivity contribution in [1.82, 2.24) is 9.47 Å². The van der Waals surface area contributed by atoms with Crippen molar-refractivity contribution in [3.05, 3.63) is 59.4 Å². The number of ketones is 1. The number of Topliss-reactive ketones (excluding diaryl/α,β-unsaturated/α-hetero) is 1. The van der Waals surface area contributed by atoms with E-state index in [2.05, 4.69) is 0 Å². The van der Waals surface area contributed by atoms with Crippen LogP contribution in [0, 0.1) is 0 Å². The Morgan fingerprint density at radius 3 is 2.30 bits per heavy atom. The van der Waals surface area contributed by atoms with Crippen molar-refractivity contribution < 1.29 is 19.1 Å². The highest BCUT2D eigenvalue weighted by molar-refractivity contribution is 5.98. The molecule has 2 aromatic rings. The van der Waals surface area contributed by atoms with Crippen LogP contribution in [0.15, 0.2) is 42.6 Å². The highest BCUT2D eigenvalue weighted by Gasteiger charge is 2.31. The third-order valence-corrected chi connectivity index (χ3v) is 4.84. The first-order valence-corrected chi connectivity index (χ1v) is 9.19. The number of piperidine rings is 1. The Morgan fingerprint density at radius 2 is 1.70 bits per heavy atom. The monoisotopic (exact) mass is 368 g/mol. The molecule has 1 aliphatic rings. The SMILES string of the molecule is CC(=O)c1cc(C(=O)O[C@H](C(=O)N2CCCCC2)c2ccccc2)n(C)c1. The molecule has 6 nitrogen and oxygen atoms in total. The van der Waals surface area contributed by atoms with Gasteiger partial charge in [-0.05, 0) is 32.3 Å². The van der Waals surface area contributed by atoms with Crippen molar-refractivity contribution >= 4 is 17.7 Å². The molecule has 0 radical (unpaired) electrons. The van der Waals surface area contributed by atoms with E-state index in [4.69, 9.17) is 4.74 Å². The van der Waals surface area contributed by atoms with Gasteiger partial charge in [0.25, 0.3) is 5.91 Å². The Bertz CT molecular complexity index is 835. The molecule has 142 valence electrons. The maximum absolute atomic E-state index is 13.1. The number of esters is 1. The average Bonchev–Trinajstić information content (AvgIpc) is 3.09. The molecule has 1 amide bonds. The highest BCUT2D eigenvalue weighted by Crippen LogP contribution is 2.24. The van der Waals surface area contributed by atoms with Crippen molar-refractivity contribution in [3.63, 3.8) is 0 Å². The third kappa shape index (κ3) is 4.27. The second-order valence-corrected chi connectivity index (χ2v) is 6.86. The molecule has 2 heterocycles. The third-order valence-electron chi connectivity index (χ3n) is 4.84. The second kappa shape index (κ2) is 8.20. The van der Waals surface area contributed by atoms with Gasteiger partial charge in [0.15, 0.2) is 5.78 Å². The molecule has 0 bridgehead atoms. The summed E-state index contributed by atoms with van der Waals surface area (Å²) in [7, 11) is 1.67. The molecule has 1 saturated heterocycles. The number of amides is 1. The second-order valence-electron chi connectivity index (χ2n) is 6.86. The topological polar surface area (TPSA) is 68.6 Å². The fourth-order valence-corrected chi connectivity index (χ4v) is 3.30. The summed E-state index contributed by atoms with van der Waals surface area (Å²) in [4.78, 5) is 39.1. The van der Waals surface area contributed by atoms with Crippen LogP contribution in [0.2, 0.25) is 0 Å². The molecule has 0 unspecified atom stereocenters. The first-order chi connectivity index (χ1) is 13.0. The van der Waals surface area contributed by atoms with Gasteiger partial charge in [0.1, 0.15) is 5.69 Å². The van der Waals surface area contributed by atoms with Gasteiger partial charge < -0.3 is 14.2 Å². The maximum Gasteiger partial charge on any atom is 0.356 e. The van der Waals surface area contributed by atoms with Gasteiger partial charge >= 0.3 is 5.97 Å². The lowest BCUT2D eigenvalue weighted by Gasteiger charge is -2.30. The first-order valence-electron chi connectivity index (χ1n) is 9.19. The Hall–Kier alpha value is -2.89. The van der Waals surface area contributed by atoms with Crippen molar-refractivity contribution in [2.24, 2.45) is 7.05 Å².